The molecule has 0 aliphatic heterocycles. The smallest absolute Gasteiger partial charge is 0.305 e. The molecule has 0 aliphatic rings. The summed E-state index contributed by atoms with van der Waals surface area (Å²) in [4.78, 5) is 11.2. The molecular weight excluding hydrogens is 252 g/mol. The fourth-order valence-corrected chi connectivity index (χ4v) is 2.05. The number of rotatable bonds is 5. The average Bonchev–Trinajstić information content (AvgIpc) is 2.35. The van der Waals surface area contributed by atoms with Gasteiger partial charge >= 0.3 is 5.97 Å². The van der Waals surface area contributed by atoms with Gasteiger partial charge in [-0.25, -0.2) is 0 Å². The van der Waals surface area contributed by atoms with Crippen LogP contribution in [-0.2, 0) is 16.0 Å². The van der Waals surface area contributed by atoms with E-state index in [2.05, 4.69) is 4.74 Å². The third-order valence-corrected chi connectivity index (χ3v) is 3.46. The van der Waals surface area contributed by atoms with Crippen molar-refractivity contribution in [2.24, 2.45) is 0 Å². The van der Waals surface area contributed by atoms with E-state index in [0.717, 1.165) is 27.5 Å². The predicted molar refractivity (Wildman–Crippen MR) is 72.4 cm³/mol. The lowest BCUT2D eigenvalue weighted by Crippen LogP contribution is -2.06. The highest BCUT2D eigenvalue weighted by Gasteiger charge is 2.14. The summed E-state index contributed by atoms with van der Waals surface area (Å²) in [5, 5.41) is 0.735. The Labute approximate surface area is 113 Å². The number of benzene rings is 1. The van der Waals surface area contributed by atoms with Crippen molar-refractivity contribution in [2.45, 2.75) is 33.6 Å². The van der Waals surface area contributed by atoms with Gasteiger partial charge < -0.3 is 9.47 Å². The van der Waals surface area contributed by atoms with Gasteiger partial charge in [-0.2, -0.15) is 0 Å². The lowest BCUT2D eigenvalue weighted by atomic mass is 10.00. The topological polar surface area (TPSA) is 35.5 Å². The van der Waals surface area contributed by atoms with Gasteiger partial charge in [-0.1, -0.05) is 11.6 Å². The summed E-state index contributed by atoms with van der Waals surface area (Å²) in [5.41, 5.74) is 2.95. The first-order valence-electron chi connectivity index (χ1n) is 5.99. The lowest BCUT2D eigenvalue weighted by molar-refractivity contribution is -0.140. The predicted octanol–water partition coefficient (Wildman–Crippen LogP) is 3.46. The highest BCUT2D eigenvalue weighted by molar-refractivity contribution is 6.32. The van der Waals surface area contributed by atoms with E-state index >= 15 is 0 Å². The molecule has 0 spiro atoms. The number of esters is 1. The molecule has 1 aromatic rings. The van der Waals surface area contributed by atoms with Crippen LogP contribution < -0.4 is 4.74 Å². The van der Waals surface area contributed by atoms with Crippen LogP contribution in [0.3, 0.4) is 0 Å². The van der Waals surface area contributed by atoms with Gasteiger partial charge in [-0.15, -0.1) is 0 Å². The first kappa shape index (κ1) is 14.8. The maximum atomic E-state index is 11.2. The standard InChI is InChI=1S/C14H19ClO3/c1-5-18-12-8-9(2)14(15)10(3)11(12)6-7-13(16)17-4/h8H,5-7H2,1-4H3. The minimum Gasteiger partial charge on any atom is -0.494 e. The summed E-state index contributed by atoms with van der Waals surface area (Å²) in [6.45, 7) is 6.42. The van der Waals surface area contributed by atoms with E-state index in [1.807, 2.05) is 26.8 Å². The van der Waals surface area contributed by atoms with Gasteiger partial charge in [-0.05, 0) is 49.9 Å². The Hall–Kier alpha value is -1.22. The van der Waals surface area contributed by atoms with Crippen molar-refractivity contribution in [3.63, 3.8) is 0 Å². The number of methoxy groups -OCH3 is 1. The molecule has 0 saturated heterocycles. The van der Waals surface area contributed by atoms with E-state index in [9.17, 15) is 4.79 Å². The zero-order valence-corrected chi connectivity index (χ0v) is 12.1. The Balaban J connectivity index is 3.06. The van der Waals surface area contributed by atoms with Gasteiger partial charge in [0.05, 0.1) is 13.7 Å². The fraction of sp³-hybridized carbons (Fsp3) is 0.500. The van der Waals surface area contributed by atoms with E-state index in [1.165, 1.54) is 7.11 Å². The Bertz CT molecular complexity index is 441. The first-order chi connectivity index (χ1) is 8.51. The summed E-state index contributed by atoms with van der Waals surface area (Å²) in [5.74, 6) is 0.578. The van der Waals surface area contributed by atoms with E-state index in [1.54, 1.807) is 0 Å². The van der Waals surface area contributed by atoms with Crippen molar-refractivity contribution in [1.29, 1.82) is 0 Å². The van der Waals surface area contributed by atoms with Gasteiger partial charge in [-0.3, -0.25) is 4.79 Å². The van der Waals surface area contributed by atoms with Crippen molar-refractivity contribution in [3.8, 4) is 5.75 Å². The molecule has 100 valence electrons. The molecule has 0 fully saturated rings. The van der Waals surface area contributed by atoms with Crippen LogP contribution in [0, 0.1) is 13.8 Å². The molecule has 18 heavy (non-hydrogen) atoms. The highest BCUT2D eigenvalue weighted by atomic mass is 35.5. The van der Waals surface area contributed by atoms with Gasteiger partial charge in [0.25, 0.3) is 0 Å². The molecule has 0 saturated carbocycles. The first-order valence-corrected chi connectivity index (χ1v) is 6.37. The summed E-state index contributed by atoms with van der Waals surface area (Å²) in [6, 6.07) is 1.92. The van der Waals surface area contributed by atoms with Crippen LogP contribution in [0.25, 0.3) is 0 Å². The van der Waals surface area contributed by atoms with Crippen LogP contribution >= 0.6 is 11.6 Å². The molecule has 4 heteroatoms. The molecule has 0 bridgehead atoms. The van der Waals surface area contributed by atoms with E-state index < -0.39 is 0 Å². The number of ether oxygens (including phenoxy) is 2. The Morgan fingerprint density at radius 3 is 2.61 bits per heavy atom. The zero-order chi connectivity index (χ0) is 13.7. The monoisotopic (exact) mass is 270 g/mol. The summed E-state index contributed by atoms with van der Waals surface area (Å²) in [7, 11) is 1.39. The van der Waals surface area contributed by atoms with Gasteiger partial charge in [0.1, 0.15) is 5.75 Å². The van der Waals surface area contributed by atoms with Crippen molar-refractivity contribution in [2.75, 3.05) is 13.7 Å². The zero-order valence-electron chi connectivity index (χ0n) is 11.3. The van der Waals surface area contributed by atoms with Crippen LogP contribution in [0.5, 0.6) is 5.75 Å². The number of halogens is 1. The summed E-state index contributed by atoms with van der Waals surface area (Å²) >= 11 is 6.23. The van der Waals surface area contributed by atoms with Crippen LogP contribution in [0.1, 0.15) is 30.0 Å². The summed E-state index contributed by atoms with van der Waals surface area (Å²) < 4.78 is 10.3. The van der Waals surface area contributed by atoms with Crippen LogP contribution in [-0.4, -0.2) is 19.7 Å². The van der Waals surface area contributed by atoms with Crippen molar-refractivity contribution in [3.05, 3.63) is 27.8 Å². The SMILES string of the molecule is CCOc1cc(C)c(Cl)c(C)c1CCC(=O)OC. The molecule has 0 aromatic heterocycles. The lowest BCUT2D eigenvalue weighted by Gasteiger charge is -2.15. The number of aryl methyl sites for hydroxylation is 1. The normalized spacial score (nSPS) is 10.3. The molecule has 3 nitrogen and oxygen atoms in total. The van der Waals surface area contributed by atoms with E-state index in [4.69, 9.17) is 16.3 Å². The fourth-order valence-electron chi connectivity index (χ4n) is 1.88. The number of hydrogen-bond donors (Lipinski definition) is 0. The molecule has 1 aromatic carbocycles. The molecule has 0 unspecified atom stereocenters. The Morgan fingerprint density at radius 2 is 2.06 bits per heavy atom. The largest absolute Gasteiger partial charge is 0.494 e. The number of hydrogen-bond acceptors (Lipinski definition) is 3. The molecule has 1 rings (SSSR count). The molecule has 0 amide bonds. The van der Waals surface area contributed by atoms with Gasteiger partial charge in [0, 0.05) is 11.4 Å². The maximum Gasteiger partial charge on any atom is 0.305 e. The second-order valence-electron chi connectivity index (χ2n) is 4.12. The molecule has 0 atom stereocenters. The number of carbonyl (C=O) groups is 1. The van der Waals surface area contributed by atoms with E-state index in [0.29, 0.717) is 19.4 Å². The summed E-state index contributed by atoms with van der Waals surface area (Å²) in [6.07, 6.45) is 0.907. The maximum absolute atomic E-state index is 11.2. The van der Waals surface area contributed by atoms with Crippen molar-refractivity contribution in [1.82, 2.24) is 0 Å². The Kier molecular flexibility index (Phi) is 5.48. The van der Waals surface area contributed by atoms with Gasteiger partial charge in [0.2, 0.25) is 0 Å². The molecule has 0 N–H and O–H groups in total. The minimum atomic E-state index is -0.228. The molecular formula is C14H19ClO3. The number of carbonyl (C=O) groups excluding carboxylic acids is 1. The average molecular weight is 271 g/mol. The molecule has 0 aliphatic carbocycles. The highest BCUT2D eigenvalue weighted by Crippen LogP contribution is 2.32. The Morgan fingerprint density at radius 1 is 1.39 bits per heavy atom. The van der Waals surface area contributed by atoms with Crippen molar-refractivity contribution < 1.29 is 14.3 Å². The van der Waals surface area contributed by atoms with E-state index in [-0.39, 0.29) is 5.97 Å². The third-order valence-electron chi connectivity index (χ3n) is 2.88. The van der Waals surface area contributed by atoms with Crippen molar-refractivity contribution >= 4 is 17.6 Å². The second-order valence-corrected chi connectivity index (χ2v) is 4.50. The molecule has 0 heterocycles. The minimum absolute atomic E-state index is 0.228. The third kappa shape index (κ3) is 3.39. The van der Waals surface area contributed by atoms with Crippen LogP contribution in [0.15, 0.2) is 6.07 Å². The second kappa shape index (κ2) is 6.64. The van der Waals surface area contributed by atoms with Crippen LogP contribution in [0.2, 0.25) is 5.02 Å². The quantitative estimate of drug-likeness (QED) is 0.769. The van der Waals surface area contributed by atoms with Gasteiger partial charge in [0.15, 0.2) is 0 Å². The van der Waals surface area contributed by atoms with Crippen LogP contribution in [0.4, 0.5) is 0 Å². The molecule has 0 radical (unpaired) electrons.